The zero-order valence-corrected chi connectivity index (χ0v) is 6.47. The highest BCUT2D eigenvalue weighted by Gasteiger charge is 1.92. The maximum atomic E-state index is 5.78. The van der Waals surface area contributed by atoms with Gasteiger partial charge in [-0.2, -0.15) is 0 Å². The highest BCUT2D eigenvalue weighted by atomic mass is 35.5. The molecule has 1 radical (unpaired) electrons. The second kappa shape index (κ2) is 2.51. The van der Waals surface area contributed by atoms with Gasteiger partial charge in [0.15, 0.2) is 0 Å². The van der Waals surface area contributed by atoms with Crippen molar-refractivity contribution in [2.24, 2.45) is 0 Å². The van der Waals surface area contributed by atoms with Crippen molar-refractivity contribution >= 4 is 22.4 Å². The van der Waals surface area contributed by atoms with Gasteiger partial charge in [0.05, 0.1) is 0 Å². The first-order chi connectivity index (χ1) is 5.36. The lowest BCUT2D eigenvalue weighted by Crippen LogP contribution is -1.74. The molecule has 0 aliphatic carbocycles. The molecule has 0 unspecified atom stereocenters. The minimum absolute atomic E-state index is 0.735. The number of pyridine rings is 1. The van der Waals surface area contributed by atoms with Gasteiger partial charge in [-0.1, -0.05) is 17.7 Å². The normalized spacial score (nSPS) is 10.3. The molecule has 11 heavy (non-hydrogen) atoms. The summed E-state index contributed by atoms with van der Waals surface area (Å²) < 4.78 is 0. The molecule has 0 amide bonds. The number of nitrogens with zero attached hydrogens (tertiary/aromatic N) is 1. The molecule has 0 saturated heterocycles. The Morgan fingerprint density at radius 1 is 1.36 bits per heavy atom. The highest BCUT2D eigenvalue weighted by Crippen LogP contribution is 2.16. The fraction of sp³-hybridized carbons (Fsp3) is 0. The Bertz CT molecular complexity index is 384. The summed E-state index contributed by atoms with van der Waals surface area (Å²) in [6.45, 7) is 0. The minimum atomic E-state index is 0.735. The largest absolute Gasteiger partial charge is 0.263 e. The van der Waals surface area contributed by atoms with Gasteiger partial charge >= 0.3 is 0 Å². The van der Waals surface area contributed by atoms with Crippen LogP contribution in [0, 0.1) is 6.07 Å². The summed E-state index contributed by atoms with van der Waals surface area (Å²) in [5.74, 6) is 0. The van der Waals surface area contributed by atoms with Gasteiger partial charge in [-0.25, -0.2) is 0 Å². The van der Waals surface area contributed by atoms with Crippen LogP contribution in [0.2, 0.25) is 5.02 Å². The van der Waals surface area contributed by atoms with E-state index < -0.39 is 0 Å². The van der Waals surface area contributed by atoms with Crippen LogP contribution in [-0.4, -0.2) is 4.98 Å². The lowest BCUT2D eigenvalue weighted by atomic mass is 10.2. The Morgan fingerprint density at radius 2 is 2.27 bits per heavy atom. The van der Waals surface area contributed by atoms with Crippen molar-refractivity contribution in [1.82, 2.24) is 4.98 Å². The molecule has 0 fully saturated rings. The SMILES string of the molecule is Clc1ccc2[c]cncc2c1. The maximum absolute atomic E-state index is 5.78. The van der Waals surface area contributed by atoms with Crippen molar-refractivity contribution in [2.45, 2.75) is 0 Å². The molecule has 0 bridgehead atoms. The van der Waals surface area contributed by atoms with Crippen molar-refractivity contribution in [2.75, 3.05) is 0 Å². The predicted octanol–water partition coefficient (Wildman–Crippen LogP) is 2.69. The van der Waals surface area contributed by atoms with E-state index in [1.165, 1.54) is 0 Å². The van der Waals surface area contributed by atoms with Crippen molar-refractivity contribution in [1.29, 1.82) is 0 Å². The maximum Gasteiger partial charge on any atom is 0.0412 e. The van der Waals surface area contributed by atoms with Crippen molar-refractivity contribution in [3.8, 4) is 0 Å². The second-order valence-corrected chi connectivity index (χ2v) is 2.72. The fourth-order valence-corrected chi connectivity index (χ4v) is 1.18. The van der Waals surface area contributed by atoms with Gasteiger partial charge in [-0.15, -0.1) is 0 Å². The number of rotatable bonds is 0. The molecule has 2 aromatic rings. The molecule has 0 spiro atoms. The molecule has 2 heteroatoms. The Balaban J connectivity index is 2.83. The van der Waals surface area contributed by atoms with Crippen molar-refractivity contribution in [3.05, 3.63) is 41.7 Å². The Hall–Kier alpha value is -1.08. The number of halogens is 1. The molecule has 1 aromatic carbocycles. The van der Waals surface area contributed by atoms with Gasteiger partial charge in [0, 0.05) is 28.9 Å². The number of hydrogen-bond acceptors (Lipinski definition) is 1. The van der Waals surface area contributed by atoms with Gasteiger partial charge < -0.3 is 0 Å². The Morgan fingerprint density at radius 3 is 3.18 bits per heavy atom. The molecule has 0 saturated carbocycles. The van der Waals surface area contributed by atoms with E-state index in [9.17, 15) is 0 Å². The van der Waals surface area contributed by atoms with E-state index in [1.54, 1.807) is 12.4 Å². The van der Waals surface area contributed by atoms with Crippen LogP contribution in [0.25, 0.3) is 10.8 Å². The summed E-state index contributed by atoms with van der Waals surface area (Å²) in [6.07, 6.45) is 3.42. The monoisotopic (exact) mass is 162 g/mol. The fourth-order valence-electron chi connectivity index (χ4n) is 0.996. The summed E-state index contributed by atoms with van der Waals surface area (Å²) in [6, 6.07) is 8.66. The van der Waals surface area contributed by atoms with E-state index in [0.717, 1.165) is 15.8 Å². The molecule has 0 atom stereocenters. The van der Waals surface area contributed by atoms with E-state index >= 15 is 0 Å². The van der Waals surface area contributed by atoms with Crippen molar-refractivity contribution in [3.63, 3.8) is 0 Å². The molecule has 0 aliphatic rings. The number of aromatic nitrogens is 1. The zero-order valence-electron chi connectivity index (χ0n) is 5.71. The third-order valence-corrected chi connectivity index (χ3v) is 1.76. The van der Waals surface area contributed by atoms with Gasteiger partial charge in [0.1, 0.15) is 0 Å². The molecular formula is C9H5ClN. The van der Waals surface area contributed by atoms with Crippen LogP contribution in [0.3, 0.4) is 0 Å². The topological polar surface area (TPSA) is 12.9 Å². The van der Waals surface area contributed by atoms with Crippen LogP contribution in [0.5, 0.6) is 0 Å². The first kappa shape index (κ1) is 6.62. The van der Waals surface area contributed by atoms with E-state index in [4.69, 9.17) is 11.6 Å². The molecule has 1 heterocycles. The summed E-state index contributed by atoms with van der Waals surface area (Å²) in [4.78, 5) is 3.94. The number of fused-ring (bicyclic) bond motifs is 1. The molecular weight excluding hydrogens is 158 g/mol. The zero-order chi connectivity index (χ0) is 7.68. The quantitative estimate of drug-likeness (QED) is 0.581. The van der Waals surface area contributed by atoms with E-state index in [2.05, 4.69) is 11.1 Å². The first-order valence-corrected chi connectivity index (χ1v) is 3.65. The molecule has 2 rings (SSSR count). The van der Waals surface area contributed by atoms with Crippen LogP contribution in [0.1, 0.15) is 0 Å². The highest BCUT2D eigenvalue weighted by molar-refractivity contribution is 6.31. The lowest BCUT2D eigenvalue weighted by Gasteiger charge is -1.94. The number of hydrogen-bond donors (Lipinski definition) is 0. The van der Waals surface area contributed by atoms with Crippen molar-refractivity contribution < 1.29 is 0 Å². The predicted molar refractivity (Wildman–Crippen MR) is 45.6 cm³/mol. The standard InChI is InChI=1S/C9H5ClN/c10-9-2-1-7-3-4-11-6-8(7)5-9/h1-2,4-6H. The van der Waals surface area contributed by atoms with Gasteiger partial charge in [0.25, 0.3) is 0 Å². The number of benzene rings is 1. The van der Waals surface area contributed by atoms with E-state index in [1.807, 2.05) is 18.2 Å². The van der Waals surface area contributed by atoms with Crippen LogP contribution in [0.15, 0.2) is 30.6 Å². The summed E-state index contributed by atoms with van der Waals surface area (Å²) in [5.41, 5.74) is 0. The molecule has 53 valence electrons. The second-order valence-electron chi connectivity index (χ2n) is 2.28. The van der Waals surface area contributed by atoms with Gasteiger partial charge in [-0.05, 0) is 17.5 Å². The van der Waals surface area contributed by atoms with Crippen LogP contribution in [0.4, 0.5) is 0 Å². The Kier molecular flexibility index (Phi) is 1.51. The minimum Gasteiger partial charge on any atom is -0.263 e. The summed E-state index contributed by atoms with van der Waals surface area (Å²) >= 11 is 5.78. The van der Waals surface area contributed by atoms with Gasteiger partial charge in [0.2, 0.25) is 0 Å². The van der Waals surface area contributed by atoms with E-state index in [-0.39, 0.29) is 0 Å². The average Bonchev–Trinajstić information content (AvgIpc) is 2.04. The average molecular weight is 163 g/mol. The smallest absolute Gasteiger partial charge is 0.0412 e. The Labute approximate surface area is 69.6 Å². The first-order valence-electron chi connectivity index (χ1n) is 3.27. The molecule has 0 N–H and O–H groups in total. The lowest BCUT2D eigenvalue weighted by molar-refractivity contribution is 1.36. The summed E-state index contributed by atoms with van der Waals surface area (Å²) in [7, 11) is 0. The van der Waals surface area contributed by atoms with Gasteiger partial charge in [-0.3, -0.25) is 4.98 Å². The van der Waals surface area contributed by atoms with E-state index in [0.29, 0.717) is 0 Å². The van der Waals surface area contributed by atoms with Crippen LogP contribution in [-0.2, 0) is 0 Å². The molecule has 0 aliphatic heterocycles. The molecule has 1 nitrogen and oxygen atoms in total. The van der Waals surface area contributed by atoms with Crippen LogP contribution < -0.4 is 0 Å². The molecule has 1 aromatic heterocycles. The van der Waals surface area contributed by atoms with Crippen LogP contribution >= 0.6 is 11.6 Å². The summed E-state index contributed by atoms with van der Waals surface area (Å²) in [5, 5.41) is 2.81. The third kappa shape index (κ3) is 1.19. The third-order valence-electron chi connectivity index (χ3n) is 1.52.